The van der Waals surface area contributed by atoms with Crippen LogP contribution in [-0.2, 0) is 36.2 Å². The van der Waals surface area contributed by atoms with Gasteiger partial charge in [0.1, 0.15) is 25.1 Å². The van der Waals surface area contributed by atoms with E-state index in [2.05, 4.69) is 5.32 Å². The largest absolute Gasteiger partial charge is 0.530 e. The van der Waals surface area contributed by atoms with Gasteiger partial charge < -0.3 is 19.7 Å². The summed E-state index contributed by atoms with van der Waals surface area (Å²) in [6.45, 7) is 3.30. The number of amides is 1. The Kier molecular flexibility index (Phi) is 11.9. The summed E-state index contributed by atoms with van der Waals surface area (Å²) in [4.78, 5) is 24.8. The molecule has 0 heterocycles. The predicted octanol–water partition coefficient (Wildman–Crippen LogP) is 7.81. The highest BCUT2D eigenvalue weighted by Crippen LogP contribution is 2.51. The second kappa shape index (κ2) is 15.8. The number of carboxylic acid groups (broad SMARTS) is 1. The number of phosphoric acid groups is 1. The van der Waals surface area contributed by atoms with Crippen molar-refractivity contribution in [2.75, 3.05) is 19.8 Å². The van der Waals surface area contributed by atoms with Crippen molar-refractivity contribution in [1.29, 1.82) is 0 Å². The molecule has 1 aliphatic carbocycles. The number of alkyl carbamates (subject to hydrolysis) is 1. The maximum atomic E-state index is 14.1. The molecule has 4 rings (SSSR count). The third-order valence-corrected chi connectivity index (χ3v) is 8.77. The van der Waals surface area contributed by atoms with E-state index in [1.165, 1.54) is 18.2 Å². The van der Waals surface area contributed by atoms with Crippen LogP contribution in [0.1, 0.15) is 67.7 Å². The fourth-order valence-corrected chi connectivity index (χ4v) is 6.33. The average Bonchev–Trinajstić information content (AvgIpc) is 3.34. The summed E-state index contributed by atoms with van der Waals surface area (Å²) >= 11 is 0. The molecule has 0 fully saturated rings. The second-order valence-corrected chi connectivity index (χ2v) is 12.1. The minimum Gasteiger partial charge on any atom is -0.480 e. The van der Waals surface area contributed by atoms with Crippen LogP contribution in [0.3, 0.4) is 0 Å². The highest BCUT2D eigenvalue weighted by Gasteiger charge is 2.31. The number of benzene rings is 3. The lowest BCUT2D eigenvalue weighted by atomic mass is 9.98. The smallest absolute Gasteiger partial charge is 0.480 e. The molecule has 0 radical (unpaired) electrons. The van der Waals surface area contributed by atoms with Gasteiger partial charge >= 0.3 is 19.9 Å². The van der Waals surface area contributed by atoms with Crippen LogP contribution in [0.25, 0.3) is 11.1 Å². The van der Waals surface area contributed by atoms with E-state index in [1.807, 2.05) is 62.4 Å². The van der Waals surface area contributed by atoms with Crippen LogP contribution in [0.2, 0.25) is 0 Å². The summed E-state index contributed by atoms with van der Waals surface area (Å²) < 4.78 is 49.3. The number of fused-ring (bicyclic) bond motifs is 3. The summed E-state index contributed by atoms with van der Waals surface area (Å²) in [5.41, 5.74) is 4.69. The Morgan fingerprint density at radius 3 is 2.07 bits per heavy atom. The molecule has 0 aliphatic heterocycles. The molecule has 1 atom stereocenters. The van der Waals surface area contributed by atoms with Gasteiger partial charge in [-0.2, -0.15) is 0 Å². The summed E-state index contributed by atoms with van der Waals surface area (Å²) in [5.74, 6) is -1.48. The standard InChI is InChI=1S/C33H39FNO8P/c1-3-5-17-41-44(39,42-18-6-4-2)43-31-16-15-23(19-24(31)21-34)20-30(32(36)37)35-33(38)40-22-29-27-13-9-7-11-25(27)26-12-8-10-14-28(26)29/h7-16,19,29-30H,3-6,17-18,20-22H2,1-2H3,(H,35,38)(H,36,37)/t30-/m0/s1. The maximum Gasteiger partial charge on any atom is 0.530 e. The summed E-state index contributed by atoms with van der Waals surface area (Å²) in [6, 6.07) is 18.8. The van der Waals surface area contributed by atoms with Gasteiger partial charge in [0.15, 0.2) is 0 Å². The molecule has 3 aromatic carbocycles. The molecule has 2 N–H and O–H groups in total. The number of ether oxygens (including phenoxy) is 1. The number of unbranched alkanes of at least 4 members (excludes halogenated alkanes) is 2. The van der Waals surface area contributed by atoms with Crippen molar-refractivity contribution < 1.29 is 42.0 Å². The molecule has 236 valence electrons. The number of alkyl halides is 1. The minimum atomic E-state index is -4.01. The molecule has 11 heteroatoms. The SMILES string of the molecule is CCCCOP(=O)(OCCCC)Oc1ccc(C[C@H](NC(=O)OCC2c3ccccc3-c3ccccc32)C(=O)O)cc1CF. The number of phosphoric ester groups is 1. The number of hydrogen-bond acceptors (Lipinski definition) is 7. The Hall–Kier alpha value is -3.72. The Morgan fingerprint density at radius 1 is 0.932 bits per heavy atom. The summed E-state index contributed by atoms with van der Waals surface area (Å²) in [5, 5.41) is 12.2. The third-order valence-electron chi connectivity index (χ3n) is 7.35. The first kappa shape index (κ1) is 33.2. The van der Waals surface area contributed by atoms with Crippen LogP contribution in [0.15, 0.2) is 66.7 Å². The molecular weight excluding hydrogens is 588 g/mol. The lowest BCUT2D eigenvalue weighted by molar-refractivity contribution is -0.139. The van der Waals surface area contributed by atoms with E-state index in [4.69, 9.17) is 18.3 Å². The number of nitrogens with one attached hydrogen (secondary N) is 1. The van der Waals surface area contributed by atoms with Gasteiger partial charge in [0.05, 0.1) is 13.2 Å². The Labute approximate surface area is 257 Å². The van der Waals surface area contributed by atoms with Gasteiger partial charge in [0.25, 0.3) is 0 Å². The van der Waals surface area contributed by atoms with Crippen molar-refractivity contribution in [2.45, 2.75) is 64.6 Å². The lowest BCUT2D eigenvalue weighted by Crippen LogP contribution is -2.42. The summed E-state index contributed by atoms with van der Waals surface area (Å²) in [7, 11) is -4.01. The first-order valence-corrected chi connectivity index (χ1v) is 16.3. The molecule has 1 aliphatic rings. The molecule has 44 heavy (non-hydrogen) atoms. The second-order valence-electron chi connectivity index (χ2n) is 10.6. The average molecular weight is 628 g/mol. The molecule has 0 aromatic heterocycles. The molecule has 0 saturated carbocycles. The molecule has 9 nitrogen and oxygen atoms in total. The normalized spacial score (nSPS) is 13.2. The molecule has 0 spiro atoms. The monoisotopic (exact) mass is 627 g/mol. The lowest BCUT2D eigenvalue weighted by Gasteiger charge is -2.21. The van der Waals surface area contributed by atoms with E-state index in [1.54, 1.807) is 0 Å². The van der Waals surface area contributed by atoms with Crippen LogP contribution in [0.5, 0.6) is 5.75 Å². The van der Waals surface area contributed by atoms with Crippen molar-refractivity contribution in [2.24, 2.45) is 0 Å². The van der Waals surface area contributed by atoms with Gasteiger partial charge in [-0.3, -0.25) is 9.05 Å². The van der Waals surface area contributed by atoms with Gasteiger partial charge in [-0.15, -0.1) is 0 Å². The molecule has 1 amide bonds. The van der Waals surface area contributed by atoms with Crippen LogP contribution in [-0.4, -0.2) is 43.0 Å². The highest BCUT2D eigenvalue weighted by molar-refractivity contribution is 7.48. The zero-order chi connectivity index (χ0) is 31.5. The number of rotatable bonds is 17. The van der Waals surface area contributed by atoms with E-state index >= 15 is 0 Å². The van der Waals surface area contributed by atoms with Crippen LogP contribution in [0, 0.1) is 0 Å². The van der Waals surface area contributed by atoms with Crippen LogP contribution in [0.4, 0.5) is 9.18 Å². The van der Waals surface area contributed by atoms with Crippen molar-refractivity contribution >= 4 is 19.9 Å². The molecule has 0 saturated heterocycles. The van der Waals surface area contributed by atoms with Gasteiger partial charge in [-0.05, 0) is 52.8 Å². The first-order valence-electron chi connectivity index (χ1n) is 14.9. The zero-order valence-electron chi connectivity index (χ0n) is 25.0. The third kappa shape index (κ3) is 8.46. The number of carboxylic acids is 1. The minimum absolute atomic E-state index is 0.0241. The van der Waals surface area contributed by atoms with Gasteiger partial charge in [-0.1, -0.05) is 81.3 Å². The zero-order valence-corrected chi connectivity index (χ0v) is 25.9. The van der Waals surface area contributed by atoms with Gasteiger partial charge in [-0.25, -0.2) is 18.5 Å². The Morgan fingerprint density at radius 2 is 1.52 bits per heavy atom. The summed E-state index contributed by atoms with van der Waals surface area (Å²) in [6.07, 6.45) is 1.89. The van der Waals surface area contributed by atoms with E-state index in [0.29, 0.717) is 18.4 Å². The quantitative estimate of drug-likeness (QED) is 0.115. The fraction of sp³-hybridized carbons (Fsp3) is 0.394. The van der Waals surface area contributed by atoms with Crippen LogP contribution < -0.4 is 9.84 Å². The number of aliphatic carboxylic acids is 1. The molecular formula is C33H39FNO8P. The van der Waals surface area contributed by atoms with Crippen LogP contribution >= 0.6 is 7.82 Å². The van der Waals surface area contributed by atoms with E-state index in [9.17, 15) is 23.7 Å². The van der Waals surface area contributed by atoms with Crippen molar-refractivity contribution in [3.05, 3.63) is 89.0 Å². The number of halogens is 1. The maximum absolute atomic E-state index is 14.1. The van der Waals surface area contributed by atoms with E-state index in [-0.39, 0.29) is 43.5 Å². The molecule has 3 aromatic rings. The Bertz CT molecular complexity index is 1420. The molecule has 0 bridgehead atoms. The Balaban J connectivity index is 1.40. The first-order chi connectivity index (χ1) is 21.3. The molecule has 0 unspecified atom stereocenters. The number of hydrogen-bond donors (Lipinski definition) is 2. The van der Waals surface area contributed by atoms with Crippen molar-refractivity contribution in [3.8, 4) is 16.9 Å². The number of carbonyl (C=O) groups excluding carboxylic acids is 1. The number of carbonyl (C=O) groups is 2. The van der Waals surface area contributed by atoms with E-state index < -0.39 is 32.6 Å². The predicted molar refractivity (Wildman–Crippen MR) is 165 cm³/mol. The highest BCUT2D eigenvalue weighted by atomic mass is 31.2. The fourth-order valence-electron chi connectivity index (χ4n) is 5.02. The van der Waals surface area contributed by atoms with Gasteiger partial charge in [0, 0.05) is 17.9 Å². The van der Waals surface area contributed by atoms with Crippen molar-refractivity contribution in [3.63, 3.8) is 0 Å². The topological polar surface area (TPSA) is 120 Å². The van der Waals surface area contributed by atoms with E-state index in [0.717, 1.165) is 35.1 Å². The van der Waals surface area contributed by atoms with Gasteiger partial charge in [0.2, 0.25) is 0 Å². The van der Waals surface area contributed by atoms with Crippen molar-refractivity contribution in [1.82, 2.24) is 5.32 Å².